The van der Waals surface area contributed by atoms with Crippen molar-refractivity contribution in [3.8, 4) is 0 Å². The molecular weight excluding hydrogens is 226 g/mol. The van der Waals surface area contributed by atoms with E-state index in [0.29, 0.717) is 16.7 Å². The van der Waals surface area contributed by atoms with Gasteiger partial charge in [-0.25, -0.2) is 0 Å². The van der Waals surface area contributed by atoms with Crippen LogP contribution in [0.15, 0.2) is 9.32 Å². The molecule has 1 aromatic rings. The predicted molar refractivity (Wildman–Crippen MR) is 47.3 cm³/mol. The molecule has 4 nitrogen and oxygen atoms in total. The summed E-state index contributed by atoms with van der Waals surface area (Å²) >= 11 is 3.21. The molecule has 1 heterocycles. The van der Waals surface area contributed by atoms with Crippen molar-refractivity contribution in [3.63, 3.8) is 0 Å². The van der Waals surface area contributed by atoms with E-state index < -0.39 is 0 Å². The number of aryl methyl sites for hydroxylation is 1. The van der Waals surface area contributed by atoms with Crippen molar-refractivity contribution in [2.75, 3.05) is 7.11 Å². The molecule has 0 saturated heterocycles. The summed E-state index contributed by atoms with van der Waals surface area (Å²) < 4.78 is 11.1. The normalized spacial score (nSPS) is 10.6. The molecule has 0 bridgehead atoms. The Morgan fingerprint density at radius 1 is 1.67 bits per heavy atom. The molecule has 0 aromatic carbocycles. The Labute approximate surface area is 78.2 Å². The van der Waals surface area contributed by atoms with E-state index in [9.17, 15) is 4.79 Å². The van der Waals surface area contributed by atoms with Crippen LogP contribution in [0.25, 0.3) is 0 Å². The maximum Gasteiger partial charge on any atom is 0.288 e. The standard InChI is InChI=1S/C7H10BrNO3/c1-5-6(3-8)7(10)9(12-5)4-11-2/h3-4H2,1-2H3. The van der Waals surface area contributed by atoms with Gasteiger partial charge >= 0.3 is 0 Å². The number of hydrogen-bond acceptors (Lipinski definition) is 3. The zero-order valence-electron chi connectivity index (χ0n) is 6.96. The molecule has 0 amide bonds. The average molecular weight is 236 g/mol. The van der Waals surface area contributed by atoms with Gasteiger partial charge in [0.05, 0.1) is 5.56 Å². The van der Waals surface area contributed by atoms with Gasteiger partial charge in [0.15, 0.2) is 6.73 Å². The second kappa shape index (κ2) is 3.91. The summed E-state index contributed by atoms with van der Waals surface area (Å²) in [5, 5.41) is 0.512. The fourth-order valence-corrected chi connectivity index (χ4v) is 1.55. The van der Waals surface area contributed by atoms with Gasteiger partial charge < -0.3 is 9.26 Å². The average Bonchev–Trinajstić information content (AvgIpc) is 2.29. The Morgan fingerprint density at radius 3 is 2.75 bits per heavy atom. The van der Waals surface area contributed by atoms with Gasteiger partial charge in [0.2, 0.25) is 0 Å². The first kappa shape index (κ1) is 9.54. The number of aromatic nitrogens is 1. The lowest BCUT2D eigenvalue weighted by molar-refractivity contribution is 0.0557. The molecular formula is C7H10BrNO3. The van der Waals surface area contributed by atoms with Crippen LogP contribution < -0.4 is 5.56 Å². The highest BCUT2D eigenvalue weighted by molar-refractivity contribution is 9.08. The van der Waals surface area contributed by atoms with Crippen LogP contribution >= 0.6 is 15.9 Å². The van der Waals surface area contributed by atoms with Crippen molar-refractivity contribution < 1.29 is 9.26 Å². The zero-order chi connectivity index (χ0) is 9.14. The predicted octanol–water partition coefficient (Wildman–Crippen LogP) is 1.25. The number of rotatable bonds is 3. The van der Waals surface area contributed by atoms with Crippen molar-refractivity contribution in [3.05, 3.63) is 21.7 Å². The Kier molecular flexibility index (Phi) is 3.11. The quantitative estimate of drug-likeness (QED) is 0.742. The molecule has 0 aliphatic carbocycles. The summed E-state index contributed by atoms with van der Waals surface area (Å²) in [5.74, 6) is 0.633. The van der Waals surface area contributed by atoms with Crippen molar-refractivity contribution >= 4 is 15.9 Å². The van der Waals surface area contributed by atoms with Crippen LogP contribution in [0.3, 0.4) is 0 Å². The second-order valence-electron chi connectivity index (χ2n) is 2.36. The highest BCUT2D eigenvalue weighted by atomic mass is 79.9. The first-order valence-corrected chi connectivity index (χ1v) is 4.57. The van der Waals surface area contributed by atoms with Gasteiger partial charge in [0, 0.05) is 12.4 Å². The maximum absolute atomic E-state index is 11.4. The lowest BCUT2D eigenvalue weighted by Crippen LogP contribution is -2.17. The van der Waals surface area contributed by atoms with E-state index in [2.05, 4.69) is 15.9 Å². The molecule has 0 spiro atoms. The third kappa shape index (κ3) is 1.61. The fraction of sp³-hybridized carbons (Fsp3) is 0.571. The number of ether oxygens (including phenoxy) is 1. The molecule has 0 radical (unpaired) electrons. The van der Waals surface area contributed by atoms with E-state index in [1.54, 1.807) is 6.92 Å². The van der Waals surface area contributed by atoms with Gasteiger partial charge in [0.1, 0.15) is 5.76 Å². The Balaban J connectivity index is 3.09. The summed E-state index contributed by atoms with van der Waals surface area (Å²) in [6.07, 6.45) is 0. The molecule has 0 aliphatic rings. The van der Waals surface area contributed by atoms with E-state index in [0.717, 1.165) is 0 Å². The van der Waals surface area contributed by atoms with Gasteiger partial charge in [0.25, 0.3) is 5.56 Å². The topological polar surface area (TPSA) is 44.4 Å². The summed E-state index contributed by atoms with van der Waals surface area (Å²) in [7, 11) is 1.51. The fourth-order valence-electron chi connectivity index (χ4n) is 0.916. The molecule has 68 valence electrons. The summed E-state index contributed by atoms with van der Waals surface area (Å²) in [5.41, 5.74) is 0.512. The maximum atomic E-state index is 11.4. The molecule has 0 N–H and O–H groups in total. The molecule has 1 rings (SSSR count). The minimum Gasteiger partial charge on any atom is -0.379 e. The number of halogens is 1. The summed E-state index contributed by atoms with van der Waals surface area (Å²) in [4.78, 5) is 11.4. The van der Waals surface area contributed by atoms with Crippen molar-refractivity contribution in [1.82, 2.24) is 4.74 Å². The second-order valence-corrected chi connectivity index (χ2v) is 2.92. The number of methoxy groups -OCH3 is 1. The van der Waals surface area contributed by atoms with E-state index in [1.807, 2.05) is 0 Å². The van der Waals surface area contributed by atoms with Crippen LogP contribution in [0.5, 0.6) is 0 Å². The number of nitrogens with zero attached hydrogens (tertiary/aromatic N) is 1. The van der Waals surface area contributed by atoms with Gasteiger partial charge in [-0.2, -0.15) is 0 Å². The van der Waals surface area contributed by atoms with Crippen LogP contribution in [0.1, 0.15) is 11.3 Å². The van der Waals surface area contributed by atoms with Gasteiger partial charge in [-0.05, 0) is 6.92 Å². The lowest BCUT2D eigenvalue weighted by Gasteiger charge is -1.94. The Morgan fingerprint density at radius 2 is 2.33 bits per heavy atom. The monoisotopic (exact) mass is 235 g/mol. The highest BCUT2D eigenvalue weighted by Crippen LogP contribution is 2.07. The van der Waals surface area contributed by atoms with Crippen LogP contribution in [-0.2, 0) is 16.8 Å². The third-order valence-electron chi connectivity index (χ3n) is 1.54. The van der Waals surface area contributed by atoms with E-state index in [4.69, 9.17) is 9.26 Å². The zero-order valence-corrected chi connectivity index (χ0v) is 8.55. The molecule has 0 saturated carbocycles. The smallest absolute Gasteiger partial charge is 0.288 e. The lowest BCUT2D eigenvalue weighted by atomic mass is 10.3. The van der Waals surface area contributed by atoms with Gasteiger partial charge in [-0.15, -0.1) is 4.74 Å². The SMILES string of the molecule is COCn1oc(C)c(CBr)c1=O. The highest BCUT2D eigenvalue weighted by Gasteiger charge is 2.11. The first-order valence-electron chi connectivity index (χ1n) is 3.45. The Hall–Kier alpha value is -0.550. The Bertz CT molecular complexity index is 315. The number of hydrogen-bond donors (Lipinski definition) is 0. The van der Waals surface area contributed by atoms with Crippen LogP contribution in [-0.4, -0.2) is 11.8 Å². The molecule has 12 heavy (non-hydrogen) atoms. The van der Waals surface area contributed by atoms with E-state index in [1.165, 1.54) is 11.8 Å². The minimum atomic E-state index is -0.133. The van der Waals surface area contributed by atoms with Gasteiger partial charge in [-0.3, -0.25) is 4.79 Å². The minimum absolute atomic E-state index is 0.133. The number of alkyl halides is 1. The first-order chi connectivity index (χ1) is 5.70. The van der Waals surface area contributed by atoms with Crippen molar-refractivity contribution in [1.29, 1.82) is 0 Å². The van der Waals surface area contributed by atoms with E-state index in [-0.39, 0.29) is 12.3 Å². The molecule has 0 aliphatic heterocycles. The summed E-state index contributed by atoms with van der Waals surface area (Å²) in [6.45, 7) is 1.91. The molecule has 0 unspecified atom stereocenters. The van der Waals surface area contributed by atoms with E-state index >= 15 is 0 Å². The third-order valence-corrected chi connectivity index (χ3v) is 2.10. The van der Waals surface area contributed by atoms with Crippen molar-refractivity contribution in [2.45, 2.75) is 19.0 Å². The van der Waals surface area contributed by atoms with Gasteiger partial charge in [-0.1, -0.05) is 15.9 Å². The summed E-state index contributed by atoms with van der Waals surface area (Å²) in [6, 6.07) is 0. The molecule has 5 heteroatoms. The largest absolute Gasteiger partial charge is 0.379 e. The molecule has 0 atom stereocenters. The van der Waals surface area contributed by atoms with Crippen molar-refractivity contribution in [2.24, 2.45) is 0 Å². The van der Waals surface area contributed by atoms with Crippen LogP contribution in [0.2, 0.25) is 0 Å². The molecule has 0 fully saturated rings. The van der Waals surface area contributed by atoms with Crippen LogP contribution in [0, 0.1) is 6.92 Å². The molecule has 1 aromatic heterocycles. The van der Waals surface area contributed by atoms with Crippen LogP contribution in [0.4, 0.5) is 0 Å².